The van der Waals surface area contributed by atoms with Crippen LogP contribution >= 0.6 is 0 Å². The highest BCUT2D eigenvalue weighted by Gasteiger charge is 2.32. The lowest BCUT2D eigenvalue weighted by Gasteiger charge is -2.13. The molecule has 0 spiro atoms. The summed E-state index contributed by atoms with van der Waals surface area (Å²) in [6.45, 7) is 0. The van der Waals surface area contributed by atoms with Gasteiger partial charge in [0.25, 0.3) is 0 Å². The van der Waals surface area contributed by atoms with E-state index >= 15 is 0 Å². The topological polar surface area (TPSA) is 74.6 Å². The molecule has 15 heavy (non-hydrogen) atoms. The van der Waals surface area contributed by atoms with E-state index in [0.29, 0.717) is 0 Å². The minimum atomic E-state index is -1.04. The molecule has 0 aromatic heterocycles. The van der Waals surface area contributed by atoms with Gasteiger partial charge in [-0.05, 0) is 18.2 Å². The van der Waals surface area contributed by atoms with Crippen LogP contribution < -0.4 is 0 Å². The average Bonchev–Trinajstić information content (AvgIpc) is 2.23. The normalized spacial score (nSPS) is 15.5. The van der Waals surface area contributed by atoms with E-state index in [2.05, 4.69) is 0 Å². The van der Waals surface area contributed by atoms with E-state index in [-0.39, 0.29) is 11.1 Å². The maximum atomic E-state index is 12.8. The van der Waals surface area contributed by atoms with Crippen LogP contribution in [0.2, 0.25) is 0 Å². The maximum absolute atomic E-state index is 12.8. The monoisotopic (exact) mass is 208 g/mol. The Labute approximate surface area is 83.3 Å². The van der Waals surface area contributed by atoms with Gasteiger partial charge in [-0.3, -0.25) is 9.59 Å². The molecule has 0 unspecified atom stereocenters. The van der Waals surface area contributed by atoms with Gasteiger partial charge >= 0.3 is 0 Å². The van der Waals surface area contributed by atoms with Gasteiger partial charge in [-0.25, -0.2) is 4.39 Å². The van der Waals surface area contributed by atoms with Gasteiger partial charge in [-0.15, -0.1) is 0 Å². The van der Waals surface area contributed by atoms with Crippen LogP contribution in [0.25, 0.3) is 0 Å². The Morgan fingerprint density at radius 3 is 2.07 bits per heavy atom. The van der Waals surface area contributed by atoms with Crippen molar-refractivity contribution in [2.24, 2.45) is 0 Å². The van der Waals surface area contributed by atoms with Gasteiger partial charge in [-0.1, -0.05) is 0 Å². The first-order chi connectivity index (χ1) is 7.02. The Morgan fingerprint density at radius 1 is 0.933 bits per heavy atom. The number of rotatable bonds is 0. The van der Waals surface area contributed by atoms with E-state index in [9.17, 15) is 14.0 Å². The third kappa shape index (κ3) is 1.20. The largest absolute Gasteiger partial charge is 0.501 e. The van der Waals surface area contributed by atoms with Crippen molar-refractivity contribution in [1.29, 1.82) is 0 Å². The summed E-state index contributed by atoms with van der Waals surface area (Å²) in [5.74, 6) is -4.58. The number of aliphatic hydroxyl groups is 2. The second kappa shape index (κ2) is 2.91. The Hall–Kier alpha value is -2.17. The van der Waals surface area contributed by atoms with E-state index in [1.807, 2.05) is 0 Å². The van der Waals surface area contributed by atoms with Crippen LogP contribution in [0.3, 0.4) is 0 Å². The number of carbonyl (C=O) groups is 2. The van der Waals surface area contributed by atoms with Crippen molar-refractivity contribution >= 4 is 11.6 Å². The van der Waals surface area contributed by atoms with Crippen LogP contribution in [0.1, 0.15) is 20.7 Å². The van der Waals surface area contributed by atoms with Gasteiger partial charge in [0.15, 0.2) is 0 Å². The van der Waals surface area contributed by atoms with Gasteiger partial charge in [0.05, 0.1) is 0 Å². The predicted octanol–water partition coefficient (Wildman–Crippen LogP) is 1.53. The molecule has 0 bridgehead atoms. The summed E-state index contributed by atoms with van der Waals surface area (Å²) in [5, 5.41) is 18.2. The zero-order valence-corrected chi connectivity index (χ0v) is 7.32. The molecular formula is C10H5FO4. The van der Waals surface area contributed by atoms with Crippen LogP contribution in [0.15, 0.2) is 29.7 Å². The number of hydrogen-bond acceptors (Lipinski definition) is 4. The fourth-order valence-corrected chi connectivity index (χ4v) is 1.37. The third-order valence-electron chi connectivity index (χ3n) is 2.13. The number of Topliss-reactive ketones (excluding diaryl/α,β-unsaturated/α-hetero) is 2. The first kappa shape index (κ1) is 9.39. The first-order valence-corrected chi connectivity index (χ1v) is 4.03. The molecule has 1 aliphatic rings. The number of allylic oxidation sites excluding steroid dienone is 2. The molecule has 0 amide bonds. The van der Waals surface area contributed by atoms with Crippen molar-refractivity contribution in [3.8, 4) is 0 Å². The molecule has 0 aliphatic heterocycles. The molecular weight excluding hydrogens is 203 g/mol. The van der Waals surface area contributed by atoms with Crippen molar-refractivity contribution in [3.05, 3.63) is 46.7 Å². The maximum Gasteiger partial charge on any atom is 0.232 e. The van der Waals surface area contributed by atoms with Gasteiger partial charge in [0.2, 0.25) is 23.1 Å². The summed E-state index contributed by atoms with van der Waals surface area (Å²) in [6, 6.07) is 2.94. The molecule has 0 fully saturated rings. The summed E-state index contributed by atoms with van der Waals surface area (Å²) in [4.78, 5) is 22.7. The van der Waals surface area contributed by atoms with Crippen molar-refractivity contribution < 1.29 is 24.2 Å². The first-order valence-electron chi connectivity index (χ1n) is 4.03. The molecule has 0 saturated carbocycles. The highest BCUT2D eigenvalue weighted by molar-refractivity contribution is 6.24. The summed E-state index contributed by atoms with van der Waals surface area (Å²) in [5.41, 5.74) is -0.355. The van der Waals surface area contributed by atoms with Crippen LogP contribution in [0.4, 0.5) is 4.39 Å². The fraction of sp³-hybridized carbons (Fsp3) is 0. The van der Waals surface area contributed by atoms with Gasteiger partial charge in [-0.2, -0.15) is 0 Å². The van der Waals surface area contributed by atoms with Crippen molar-refractivity contribution in [2.75, 3.05) is 0 Å². The molecule has 4 nitrogen and oxygen atoms in total. The Bertz CT molecular complexity index is 516. The van der Waals surface area contributed by atoms with Crippen LogP contribution in [0.5, 0.6) is 0 Å². The fourth-order valence-electron chi connectivity index (χ4n) is 1.37. The minimum absolute atomic E-state index is 0.114. The smallest absolute Gasteiger partial charge is 0.232 e. The van der Waals surface area contributed by atoms with Gasteiger partial charge in [0.1, 0.15) is 5.82 Å². The zero-order valence-electron chi connectivity index (χ0n) is 7.32. The zero-order chi connectivity index (χ0) is 11.2. The van der Waals surface area contributed by atoms with Gasteiger partial charge < -0.3 is 10.2 Å². The quantitative estimate of drug-likeness (QED) is 0.678. The van der Waals surface area contributed by atoms with Gasteiger partial charge in [0, 0.05) is 11.1 Å². The lowest BCUT2D eigenvalue weighted by molar-refractivity contribution is 0.0880. The van der Waals surface area contributed by atoms with Crippen LogP contribution in [0, 0.1) is 5.82 Å². The summed E-state index contributed by atoms with van der Waals surface area (Å²) < 4.78 is 12.8. The highest BCUT2D eigenvalue weighted by atomic mass is 19.1. The number of fused-ring (bicyclic) bond motifs is 1. The van der Waals surface area contributed by atoms with Crippen molar-refractivity contribution in [2.45, 2.75) is 0 Å². The summed E-state index contributed by atoms with van der Waals surface area (Å²) in [7, 11) is 0. The van der Waals surface area contributed by atoms with E-state index < -0.39 is 28.9 Å². The molecule has 0 heterocycles. The molecule has 0 atom stereocenters. The molecule has 1 aromatic carbocycles. The predicted molar refractivity (Wildman–Crippen MR) is 47.3 cm³/mol. The molecule has 0 saturated heterocycles. The molecule has 2 N–H and O–H groups in total. The Balaban J connectivity index is 2.73. The number of halogens is 1. The number of aliphatic hydroxyl groups excluding tert-OH is 2. The highest BCUT2D eigenvalue weighted by Crippen LogP contribution is 2.24. The summed E-state index contributed by atoms with van der Waals surface area (Å²) in [6.07, 6.45) is 0. The average molecular weight is 208 g/mol. The second-order valence-electron chi connectivity index (χ2n) is 3.05. The molecule has 0 radical (unpaired) electrons. The van der Waals surface area contributed by atoms with E-state index in [4.69, 9.17) is 10.2 Å². The molecule has 1 aliphatic carbocycles. The van der Waals surface area contributed by atoms with Crippen molar-refractivity contribution in [3.63, 3.8) is 0 Å². The minimum Gasteiger partial charge on any atom is -0.501 e. The van der Waals surface area contributed by atoms with Crippen LogP contribution in [-0.2, 0) is 0 Å². The van der Waals surface area contributed by atoms with E-state index in [1.54, 1.807) is 0 Å². The van der Waals surface area contributed by atoms with E-state index in [1.165, 1.54) is 0 Å². The molecule has 2 rings (SSSR count). The Kier molecular flexibility index (Phi) is 1.82. The molecule has 5 heteroatoms. The number of benzene rings is 1. The summed E-state index contributed by atoms with van der Waals surface area (Å²) >= 11 is 0. The second-order valence-corrected chi connectivity index (χ2v) is 3.05. The number of carbonyl (C=O) groups excluding carboxylic acids is 2. The number of hydrogen-bond donors (Lipinski definition) is 2. The Morgan fingerprint density at radius 2 is 1.47 bits per heavy atom. The van der Waals surface area contributed by atoms with Crippen molar-refractivity contribution in [1.82, 2.24) is 0 Å². The third-order valence-corrected chi connectivity index (χ3v) is 2.13. The molecule has 76 valence electrons. The van der Waals surface area contributed by atoms with E-state index in [0.717, 1.165) is 18.2 Å². The SMILES string of the molecule is O=C1C(O)=C(O)C(=O)c2cc(F)ccc21. The van der Waals surface area contributed by atoms with Crippen LogP contribution in [-0.4, -0.2) is 21.8 Å². The standard InChI is InChI=1S/C10H5FO4/c11-4-1-2-5-6(3-4)8(13)10(15)9(14)7(5)12/h1-3,14-15H. The lowest BCUT2D eigenvalue weighted by Crippen LogP contribution is -2.22. The lowest BCUT2D eigenvalue weighted by atomic mass is 9.92. The number of ketones is 2. The molecule has 1 aromatic rings.